The summed E-state index contributed by atoms with van der Waals surface area (Å²) in [6.45, 7) is 0. The van der Waals surface area contributed by atoms with Crippen LogP contribution in [0.1, 0.15) is 29.9 Å². The summed E-state index contributed by atoms with van der Waals surface area (Å²) in [5.74, 6) is 0.377. The largest absolute Gasteiger partial charge is 0.411 e. The van der Waals surface area contributed by atoms with Gasteiger partial charge in [0, 0.05) is 6.42 Å². The SMILES string of the molecule is O/N=C1\C=C(c2ccccc2)CC(c2ccccc2)C1. The van der Waals surface area contributed by atoms with Crippen LogP contribution >= 0.6 is 0 Å². The summed E-state index contributed by atoms with van der Waals surface area (Å²) in [4.78, 5) is 0. The number of nitrogens with zero attached hydrogens (tertiary/aromatic N) is 1. The van der Waals surface area contributed by atoms with Crippen molar-refractivity contribution in [2.24, 2.45) is 5.16 Å². The second-order valence-electron chi connectivity index (χ2n) is 5.14. The van der Waals surface area contributed by atoms with Crippen LogP contribution in [0.15, 0.2) is 71.9 Å². The molecule has 1 unspecified atom stereocenters. The van der Waals surface area contributed by atoms with Gasteiger partial charge in [0.25, 0.3) is 0 Å². The average Bonchev–Trinajstić information content (AvgIpc) is 2.56. The molecule has 20 heavy (non-hydrogen) atoms. The van der Waals surface area contributed by atoms with E-state index in [9.17, 15) is 0 Å². The van der Waals surface area contributed by atoms with Crippen LogP contribution in [0.5, 0.6) is 0 Å². The zero-order valence-electron chi connectivity index (χ0n) is 11.2. The second-order valence-corrected chi connectivity index (χ2v) is 5.14. The Balaban J connectivity index is 1.94. The van der Waals surface area contributed by atoms with E-state index < -0.39 is 0 Å². The van der Waals surface area contributed by atoms with Gasteiger partial charge in [-0.25, -0.2) is 0 Å². The van der Waals surface area contributed by atoms with Crippen molar-refractivity contribution >= 4 is 11.3 Å². The Morgan fingerprint density at radius 2 is 1.50 bits per heavy atom. The lowest BCUT2D eigenvalue weighted by Gasteiger charge is -2.24. The molecule has 1 aliphatic rings. The molecule has 0 aromatic heterocycles. The number of rotatable bonds is 2. The topological polar surface area (TPSA) is 32.6 Å². The summed E-state index contributed by atoms with van der Waals surface area (Å²) in [6, 6.07) is 20.8. The van der Waals surface area contributed by atoms with E-state index in [0.717, 1.165) is 18.6 Å². The maximum Gasteiger partial charge on any atom is 0.0804 e. The third-order valence-electron chi connectivity index (χ3n) is 3.81. The molecule has 0 spiro atoms. The van der Waals surface area contributed by atoms with Crippen LogP contribution < -0.4 is 0 Å². The van der Waals surface area contributed by atoms with Gasteiger partial charge in [-0.05, 0) is 35.1 Å². The van der Waals surface area contributed by atoms with Crippen molar-refractivity contribution < 1.29 is 5.21 Å². The van der Waals surface area contributed by atoms with Crippen LogP contribution in [0.3, 0.4) is 0 Å². The van der Waals surface area contributed by atoms with Gasteiger partial charge in [-0.3, -0.25) is 0 Å². The third kappa shape index (κ3) is 2.64. The highest BCUT2D eigenvalue weighted by atomic mass is 16.4. The van der Waals surface area contributed by atoms with E-state index in [1.807, 2.05) is 30.3 Å². The van der Waals surface area contributed by atoms with Crippen molar-refractivity contribution in [1.29, 1.82) is 0 Å². The number of oxime groups is 1. The molecule has 0 heterocycles. The van der Waals surface area contributed by atoms with E-state index in [2.05, 4.69) is 41.6 Å². The molecule has 0 saturated carbocycles. The number of hydrogen-bond acceptors (Lipinski definition) is 2. The second kappa shape index (κ2) is 5.74. The molecule has 0 aliphatic heterocycles. The van der Waals surface area contributed by atoms with E-state index in [4.69, 9.17) is 5.21 Å². The van der Waals surface area contributed by atoms with Crippen molar-refractivity contribution in [1.82, 2.24) is 0 Å². The first kappa shape index (κ1) is 12.7. The molecule has 3 rings (SSSR count). The summed E-state index contributed by atoms with van der Waals surface area (Å²) < 4.78 is 0. The Bertz CT molecular complexity index is 629. The molecule has 2 aromatic carbocycles. The molecule has 0 fully saturated rings. The minimum Gasteiger partial charge on any atom is -0.411 e. The third-order valence-corrected chi connectivity index (χ3v) is 3.81. The quantitative estimate of drug-likeness (QED) is 0.629. The molecule has 1 atom stereocenters. The predicted octanol–water partition coefficient (Wildman–Crippen LogP) is 4.48. The molecule has 2 nitrogen and oxygen atoms in total. The van der Waals surface area contributed by atoms with Gasteiger partial charge in [0.15, 0.2) is 0 Å². The van der Waals surface area contributed by atoms with E-state index in [0.29, 0.717) is 5.92 Å². The van der Waals surface area contributed by atoms with Crippen molar-refractivity contribution in [3.63, 3.8) is 0 Å². The first-order chi connectivity index (χ1) is 9.86. The van der Waals surface area contributed by atoms with Gasteiger partial charge < -0.3 is 5.21 Å². The smallest absolute Gasteiger partial charge is 0.0804 e. The first-order valence-corrected chi connectivity index (χ1v) is 6.88. The zero-order chi connectivity index (χ0) is 13.8. The standard InChI is InChI=1S/C18H17NO/c20-19-18-12-16(14-7-3-1-4-8-14)11-17(13-18)15-9-5-2-6-10-15/h1-10,12,17,20H,11,13H2/b19-18+. The van der Waals surface area contributed by atoms with Crippen molar-refractivity contribution in [2.45, 2.75) is 18.8 Å². The highest BCUT2D eigenvalue weighted by molar-refractivity contribution is 6.02. The minimum absolute atomic E-state index is 0.377. The van der Waals surface area contributed by atoms with Crippen LogP contribution in [0.2, 0.25) is 0 Å². The lowest BCUT2D eigenvalue weighted by Crippen LogP contribution is -2.12. The summed E-state index contributed by atoms with van der Waals surface area (Å²) in [6.07, 6.45) is 3.78. The molecule has 0 radical (unpaired) electrons. The zero-order valence-corrected chi connectivity index (χ0v) is 11.2. The van der Waals surface area contributed by atoms with Gasteiger partial charge in [0.2, 0.25) is 0 Å². The van der Waals surface area contributed by atoms with Crippen LogP contribution in [0, 0.1) is 0 Å². The van der Waals surface area contributed by atoms with E-state index in [-0.39, 0.29) is 0 Å². The molecule has 2 aromatic rings. The lowest BCUT2D eigenvalue weighted by molar-refractivity contribution is 0.317. The monoisotopic (exact) mass is 263 g/mol. The molecule has 1 aliphatic carbocycles. The summed E-state index contributed by atoms with van der Waals surface area (Å²) in [5.41, 5.74) is 4.49. The fourth-order valence-electron chi connectivity index (χ4n) is 2.79. The van der Waals surface area contributed by atoms with Crippen LogP contribution in [-0.2, 0) is 0 Å². The molecular weight excluding hydrogens is 246 g/mol. The van der Waals surface area contributed by atoms with E-state index in [1.54, 1.807) is 0 Å². The maximum absolute atomic E-state index is 9.16. The fraction of sp³-hybridized carbons (Fsp3) is 0.167. The molecule has 1 N–H and O–H groups in total. The predicted molar refractivity (Wildman–Crippen MR) is 82.1 cm³/mol. The first-order valence-electron chi connectivity index (χ1n) is 6.88. The minimum atomic E-state index is 0.377. The van der Waals surface area contributed by atoms with Gasteiger partial charge in [-0.1, -0.05) is 65.8 Å². The Kier molecular flexibility index (Phi) is 3.64. The maximum atomic E-state index is 9.16. The summed E-state index contributed by atoms with van der Waals surface area (Å²) in [7, 11) is 0. The van der Waals surface area contributed by atoms with Gasteiger partial charge in [-0.2, -0.15) is 0 Å². The van der Waals surface area contributed by atoms with Gasteiger partial charge in [-0.15, -0.1) is 0 Å². The highest BCUT2D eigenvalue weighted by Gasteiger charge is 2.21. The summed E-state index contributed by atoms with van der Waals surface area (Å²) >= 11 is 0. The van der Waals surface area contributed by atoms with Crippen LogP contribution in [0.25, 0.3) is 5.57 Å². The van der Waals surface area contributed by atoms with Crippen LogP contribution in [-0.4, -0.2) is 10.9 Å². The number of allylic oxidation sites excluding steroid dienone is 2. The molecule has 0 amide bonds. The number of benzene rings is 2. The molecule has 100 valence electrons. The van der Waals surface area contributed by atoms with Crippen molar-refractivity contribution in [3.05, 3.63) is 77.9 Å². The van der Waals surface area contributed by atoms with Gasteiger partial charge in [0.05, 0.1) is 5.71 Å². The molecule has 0 saturated heterocycles. The van der Waals surface area contributed by atoms with Crippen LogP contribution in [0.4, 0.5) is 0 Å². The van der Waals surface area contributed by atoms with Crippen molar-refractivity contribution in [2.75, 3.05) is 0 Å². The summed E-state index contributed by atoms with van der Waals surface area (Å²) in [5, 5.41) is 12.6. The van der Waals surface area contributed by atoms with E-state index >= 15 is 0 Å². The Morgan fingerprint density at radius 1 is 0.850 bits per heavy atom. The molecule has 2 heteroatoms. The number of hydrogen-bond donors (Lipinski definition) is 1. The fourth-order valence-corrected chi connectivity index (χ4v) is 2.79. The highest BCUT2D eigenvalue weighted by Crippen LogP contribution is 2.36. The van der Waals surface area contributed by atoms with Gasteiger partial charge in [0.1, 0.15) is 0 Å². The Morgan fingerprint density at radius 3 is 2.15 bits per heavy atom. The average molecular weight is 263 g/mol. The molecule has 0 bridgehead atoms. The van der Waals surface area contributed by atoms with E-state index in [1.165, 1.54) is 16.7 Å². The normalized spacial score (nSPS) is 20.7. The molecular formula is C18H17NO. The Labute approximate surface area is 119 Å². The Hall–Kier alpha value is -2.35. The lowest BCUT2D eigenvalue weighted by atomic mass is 9.81. The van der Waals surface area contributed by atoms with Gasteiger partial charge >= 0.3 is 0 Å². The van der Waals surface area contributed by atoms with Crippen molar-refractivity contribution in [3.8, 4) is 0 Å².